The number of carbonyl (C=O) groups is 2. The molecular weight excluding hydrogens is 418 g/mol. The van der Waals surface area contributed by atoms with Crippen LogP contribution in [-0.2, 0) is 16.0 Å². The lowest BCUT2D eigenvalue weighted by Gasteiger charge is -2.23. The number of nitrogens with zero attached hydrogens (tertiary/aromatic N) is 1. The summed E-state index contributed by atoms with van der Waals surface area (Å²) in [6, 6.07) is 14.4. The number of ether oxygens (including phenoxy) is 1. The molecule has 31 heavy (non-hydrogen) atoms. The molecule has 0 radical (unpaired) electrons. The van der Waals surface area contributed by atoms with Gasteiger partial charge in [0, 0.05) is 22.7 Å². The molecule has 5 rings (SSSR count). The molecule has 156 valence electrons. The molecule has 3 heterocycles. The largest absolute Gasteiger partial charge is 0.507 e. The Hall–Kier alpha value is -3.51. The Labute approximate surface area is 183 Å². The summed E-state index contributed by atoms with van der Waals surface area (Å²) < 4.78 is 11.3. The smallest absolute Gasteiger partial charge is 0.300 e. The van der Waals surface area contributed by atoms with Gasteiger partial charge in [0.2, 0.25) is 0 Å². The monoisotopic (exact) mass is 435 g/mol. The Morgan fingerprint density at radius 2 is 1.87 bits per heavy atom. The van der Waals surface area contributed by atoms with Crippen LogP contribution in [0.25, 0.3) is 5.76 Å². The Kier molecular flexibility index (Phi) is 4.59. The van der Waals surface area contributed by atoms with Crippen molar-refractivity contribution in [2.24, 2.45) is 0 Å². The molecular formula is C24H18ClNO5. The molecule has 1 saturated heterocycles. The molecule has 0 bridgehead atoms. The number of hydrogen-bond acceptors (Lipinski definition) is 5. The van der Waals surface area contributed by atoms with Crippen LogP contribution in [0.2, 0.25) is 5.02 Å². The fraction of sp³-hybridized carbons (Fsp3) is 0.167. The van der Waals surface area contributed by atoms with E-state index in [2.05, 4.69) is 0 Å². The second kappa shape index (κ2) is 7.32. The molecule has 1 fully saturated rings. The molecule has 0 spiro atoms. The maximum absolute atomic E-state index is 13.1. The van der Waals surface area contributed by atoms with E-state index in [1.165, 1.54) is 4.90 Å². The van der Waals surface area contributed by atoms with Crippen molar-refractivity contribution in [1.82, 2.24) is 0 Å². The van der Waals surface area contributed by atoms with E-state index < -0.39 is 17.7 Å². The summed E-state index contributed by atoms with van der Waals surface area (Å²) in [5, 5.41) is 11.7. The summed E-state index contributed by atoms with van der Waals surface area (Å²) in [6.45, 7) is 2.35. The number of halogens is 1. The summed E-state index contributed by atoms with van der Waals surface area (Å²) in [6.07, 6.45) is 0.719. The number of anilines is 1. The maximum Gasteiger partial charge on any atom is 0.300 e. The third-order valence-electron chi connectivity index (χ3n) is 5.54. The van der Waals surface area contributed by atoms with Crippen molar-refractivity contribution in [1.29, 1.82) is 0 Å². The van der Waals surface area contributed by atoms with Crippen molar-refractivity contribution in [3.63, 3.8) is 0 Å². The first-order valence-corrected chi connectivity index (χ1v) is 10.2. The van der Waals surface area contributed by atoms with E-state index in [1.54, 1.807) is 61.5 Å². The highest BCUT2D eigenvalue weighted by atomic mass is 35.5. The van der Waals surface area contributed by atoms with Crippen LogP contribution in [0.5, 0.6) is 5.75 Å². The normalized spacial score (nSPS) is 19.5. The average molecular weight is 436 g/mol. The molecule has 2 aliphatic rings. The number of aliphatic hydroxyl groups is 1. The van der Waals surface area contributed by atoms with Gasteiger partial charge in [-0.25, -0.2) is 0 Å². The minimum atomic E-state index is -0.903. The number of hydrogen-bond donors (Lipinski definition) is 1. The van der Waals surface area contributed by atoms with Crippen LogP contribution < -0.4 is 9.64 Å². The lowest BCUT2D eigenvalue weighted by molar-refractivity contribution is -0.132. The van der Waals surface area contributed by atoms with Gasteiger partial charge < -0.3 is 14.3 Å². The van der Waals surface area contributed by atoms with Gasteiger partial charge in [0.25, 0.3) is 11.7 Å². The highest BCUT2D eigenvalue weighted by Crippen LogP contribution is 2.43. The van der Waals surface area contributed by atoms with Gasteiger partial charge in [0.1, 0.15) is 29.1 Å². The van der Waals surface area contributed by atoms with E-state index in [9.17, 15) is 14.7 Å². The topological polar surface area (TPSA) is 80.0 Å². The first-order valence-electron chi connectivity index (χ1n) is 9.83. The molecule has 1 aromatic heterocycles. The molecule has 6 nitrogen and oxygen atoms in total. The van der Waals surface area contributed by atoms with Gasteiger partial charge in [0.15, 0.2) is 0 Å². The number of rotatable bonds is 3. The SMILES string of the molecule is Cc1ccc(C2/C(=C(/O)c3ccc4c(c3)CCO4)C(=O)C(=O)N2c2ccc(Cl)cc2)o1. The van der Waals surface area contributed by atoms with E-state index in [0.29, 0.717) is 34.4 Å². The lowest BCUT2D eigenvalue weighted by Crippen LogP contribution is -2.29. The minimum Gasteiger partial charge on any atom is -0.507 e. The summed E-state index contributed by atoms with van der Waals surface area (Å²) in [7, 11) is 0. The molecule has 2 aromatic carbocycles. The quantitative estimate of drug-likeness (QED) is 0.363. The minimum absolute atomic E-state index is 0.0202. The van der Waals surface area contributed by atoms with Gasteiger partial charge in [-0.15, -0.1) is 0 Å². The number of ketones is 1. The molecule has 0 saturated carbocycles. The number of fused-ring (bicyclic) bond motifs is 1. The van der Waals surface area contributed by atoms with Crippen molar-refractivity contribution in [2.45, 2.75) is 19.4 Å². The molecule has 1 atom stereocenters. The van der Waals surface area contributed by atoms with Crippen LogP contribution in [0, 0.1) is 6.92 Å². The van der Waals surface area contributed by atoms with Crippen LogP contribution >= 0.6 is 11.6 Å². The molecule has 3 aromatic rings. The fourth-order valence-corrected chi connectivity index (χ4v) is 4.19. The molecule has 1 unspecified atom stereocenters. The lowest BCUT2D eigenvalue weighted by atomic mass is 9.98. The Morgan fingerprint density at radius 3 is 2.58 bits per heavy atom. The third-order valence-corrected chi connectivity index (χ3v) is 5.79. The van der Waals surface area contributed by atoms with E-state index >= 15 is 0 Å². The zero-order chi connectivity index (χ0) is 21.7. The molecule has 1 N–H and O–H groups in total. The predicted molar refractivity (Wildman–Crippen MR) is 115 cm³/mol. The van der Waals surface area contributed by atoms with Gasteiger partial charge in [-0.3, -0.25) is 14.5 Å². The van der Waals surface area contributed by atoms with Gasteiger partial charge in [-0.1, -0.05) is 11.6 Å². The van der Waals surface area contributed by atoms with Crippen molar-refractivity contribution in [3.8, 4) is 5.75 Å². The van der Waals surface area contributed by atoms with Crippen molar-refractivity contribution < 1.29 is 23.8 Å². The van der Waals surface area contributed by atoms with Gasteiger partial charge in [-0.05, 0) is 67.1 Å². The van der Waals surface area contributed by atoms with Crippen LogP contribution in [0.15, 0.2) is 64.6 Å². The Balaban J connectivity index is 1.69. The second-order valence-corrected chi connectivity index (χ2v) is 7.95. The van der Waals surface area contributed by atoms with Crippen molar-refractivity contribution in [2.75, 3.05) is 11.5 Å². The molecule has 7 heteroatoms. The number of aryl methyl sites for hydroxylation is 1. The van der Waals surface area contributed by atoms with Crippen LogP contribution in [0.1, 0.15) is 28.7 Å². The number of furan rings is 1. The van der Waals surface area contributed by atoms with Crippen molar-refractivity contribution in [3.05, 3.63) is 87.8 Å². The Morgan fingerprint density at radius 1 is 1.10 bits per heavy atom. The van der Waals surface area contributed by atoms with E-state index in [4.69, 9.17) is 20.8 Å². The predicted octanol–water partition coefficient (Wildman–Crippen LogP) is 4.80. The van der Waals surface area contributed by atoms with Crippen LogP contribution in [0.4, 0.5) is 5.69 Å². The first-order chi connectivity index (χ1) is 14.9. The number of benzene rings is 2. The zero-order valence-corrected chi connectivity index (χ0v) is 17.3. The Bertz CT molecular complexity index is 1240. The van der Waals surface area contributed by atoms with E-state index in [0.717, 1.165) is 17.7 Å². The maximum atomic E-state index is 13.1. The molecule has 0 aliphatic carbocycles. The van der Waals surface area contributed by atoms with E-state index in [1.807, 2.05) is 0 Å². The summed E-state index contributed by atoms with van der Waals surface area (Å²) in [5.41, 5.74) is 1.85. The second-order valence-electron chi connectivity index (χ2n) is 7.51. The van der Waals surface area contributed by atoms with Crippen LogP contribution in [0.3, 0.4) is 0 Å². The third kappa shape index (κ3) is 3.20. The van der Waals surface area contributed by atoms with Gasteiger partial charge in [-0.2, -0.15) is 0 Å². The molecule has 1 amide bonds. The highest BCUT2D eigenvalue weighted by molar-refractivity contribution is 6.51. The summed E-state index contributed by atoms with van der Waals surface area (Å²) >= 11 is 6.00. The van der Waals surface area contributed by atoms with Gasteiger partial charge >= 0.3 is 0 Å². The number of Topliss-reactive ketones (excluding diaryl/α,β-unsaturated/α-hetero) is 1. The van der Waals surface area contributed by atoms with Crippen molar-refractivity contribution >= 4 is 34.7 Å². The first kappa shape index (κ1) is 19.5. The fourth-order valence-electron chi connectivity index (χ4n) is 4.06. The number of carbonyl (C=O) groups excluding carboxylic acids is 2. The zero-order valence-electron chi connectivity index (χ0n) is 16.6. The molecule has 2 aliphatic heterocycles. The summed E-state index contributed by atoms with van der Waals surface area (Å²) in [5.74, 6) is 0.0136. The average Bonchev–Trinajstić information content (AvgIpc) is 3.47. The number of amides is 1. The van der Waals surface area contributed by atoms with Gasteiger partial charge in [0.05, 0.1) is 12.2 Å². The highest BCUT2D eigenvalue weighted by Gasteiger charge is 2.48. The summed E-state index contributed by atoms with van der Waals surface area (Å²) in [4.78, 5) is 27.5. The standard InChI is InChI=1S/C24H18ClNO5/c1-13-2-8-19(31-13)21-20(22(27)15-3-9-18-14(12-15)10-11-30-18)23(28)24(29)26(21)17-6-4-16(25)5-7-17/h2-9,12,21,27H,10-11H2,1H3/b22-20-. The van der Waals surface area contributed by atoms with E-state index in [-0.39, 0.29) is 11.3 Å². The number of aliphatic hydroxyl groups excluding tert-OH is 1. The van der Waals surface area contributed by atoms with Crippen LogP contribution in [-0.4, -0.2) is 23.4 Å².